The summed E-state index contributed by atoms with van der Waals surface area (Å²) >= 11 is 0. The van der Waals surface area contributed by atoms with Gasteiger partial charge < -0.3 is 4.90 Å². The Bertz CT molecular complexity index is 869. The first-order valence-electron chi connectivity index (χ1n) is 9.91. The first kappa shape index (κ1) is 17.3. The number of amides is 1. The number of para-hydroxylation sites is 1. The monoisotopic (exact) mass is 353 g/mol. The molecule has 1 aromatic carbocycles. The van der Waals surface area contributed by atoms with E-state index in [0.717, 1.165) is 50.1 Å². The van der Waals surface area contributed by atoms with Crippen LogP contribution in [0.1, 0.15) is 57.3 Å². The third-order valence-electron chi connectivity index (χ3n) is 5.72. The van der Waals surface area contributed by atoms with Gasteiger partial charge in [0.15, 0.2) is 0 Å². The summed E-state index contributed by atoms with van der Waals surface area (Å²) in [5, 5.41) is 0.677. The van der Waals surface area contributed by atoms with Crippen molar-refractivity contribution < 1.29 is 4.79 Å². The van der Waals surface area contributed by atoms with Crippen LogP contribution >= 0.6 is 0 Å². The molecule has 0 spiro atoms. The van der Waals surface area contributed by atoms with E-state index in [1.807, 2.05) is 33.7 Å². The van der Waals surface area contributed by atoms with Crippen LogP contribution in [0, 0.1) is 5.92 Å². The minimum Gasteiger partial charge on any atom is -0.343 e. The van der Waals surface area contributed by atoms with E-state index < -0.39 is 0 Å². The first-order chi connectivity index (χ1) is 12.6. The fraction of sp³-hybridized carbons (Fsp3) is 0.571. The van der Waals surface area contributed by atoms with Crippen LogP contribution in [0.25, 0.3) is 10.9 Å². The summed E-state index contributed by atoms with van der Waals surface area (Å²) in [6.07, 6.45) is 6.43. The molecule has 5 nitrogen and oxygen atoms in total. The number of hydrogen-bond acceptors (Lipinski definition) is 3. The Balaban J connectivity index is 1.54. The second kappa shape index (κ2) is 7.22. The van der Waals surface area contributed by atoms with Gasteiger partial charge in [0, 0.05) is 32.0 Å². The predicted octanol–water partition coefficient (Wildman–Crippen LogP) is 3.31. The zero-order chi connectivity index (χ0) is 18.1. The van der Waals surface area contributed by atoms with Crippen molar-refractivity contribution in [2.45, 2.75) is 57.9 Å². The number of fused-ring (bicyclic) bond motifs is 1. The summed E-state index contributed by atoms with van der Waals surface area (Å²) in [7, 11) is 0. The Labute approximate surface area is 154 Å². The molecule has 1 amide bonds. The molecule has 1 saturated carbocycles. The summed E-state index contributed by atoms with van der Waals surface area (Å²) < 4.78 is 1.85. The molecule has 1 aromatic heterocycles. The van der Waals surface area contributed by atoms with E-state index in [9.17, 15) is 9.59 Å². The molecule has 2 fully saturated rings. The fourth-order valence-electron chi connectivity index (χ4n) is 3.97. The molecule has 1 aliphatic carbocycles. The van der Waals surface area contributed by atoms with Crippen molar-refractivity contribution in [3.05, 3.63) is 40.4 Å². The number of carbonyl (C=O) groups excluding carboxylic acids is 1. The number of hydrogen-bond donors (Lipinski definition) is 0. The third kappa shape index (κ3) is 3.53. The number of nitrogens with zero attached hydrogens (tertiary/aromatic N) is 3. The molecule has 0 radical (unpaired) electrons. The molecule has 1 atom stereocenters. The molecular weight excluding hydrogens is 326 g/mol. The maximum Gasteiger partial charge on any atom is 0.261 e. The number of rotatable bonds is 4. The van der Waals surface area contributed by atoms with Crippen molar-refractivity contribution in [1.82, 2.24) is 14.5 Å². The molecule has 2 aromatic rings. The molecule has 0 bridgehead atoms. The van der Waals surface area contributed by atoms with Gasteiger partial charge in [-0.25, -0.2) is 4.98 Å². The average molecular weight is 353 g/mol. The first-order valence-corrected chi connectivity index (χ1v) is 9.91. The molecule has 26 heavy (non-hydrogen) atoms. The van der Waals surface area contributed by atoms with Crippen LogP contribution in [-0.2, 0) is 11.2 Å². The van der Waals surface area contributed by atoms with Gasteiger partial charge >= 0.3 is 0 Å². The van der Waals surface area contributed by atoms with Crippen LogP contribution in [-0.4, -0.2) is 33.4 Å². The molecule has 2 aliphatic rings. The molecule has 5 heteroatoms. The van der Waals surface area contributed by atoms with Crippen LogP contribution < -0.4 is 5.56 Å². The second-order valence-corrected chi connectivity index (χ2v) is 7.87. The summed E-state index contributed by atoms with van der Waals surface area (Å²) in [5.41, 5.74) is 0.782. The average Bonchev–Trinajstić information content (AvgIpc) is 3.48. The highest BCUT2D eigenvalue weighted by Gasteiger charge is 2.28. The quantitative estimate of drug-likeness (QED) is 0.847. The Morgan fingerprint density at radius 1 is 1.15 bits per heavy atom. The Morgan fingerprint density at radius 3 is 2.77 bits per heavy atom. The summed E-state index contributed by atoms with van der Waals surface area (Å²) in [6, 6.07) is 7.78. The van der Waals surface area contributed by atoms with Gasteiger partial charge in [-0.15, -0.1) is 0 Å². The molecular formula is C21H27N3O2. The summed E-state index contributed by atoms with van der Waals surface area (Å²) in [5.74, 6) is 1.67. The number of likely N-dealkylation sites (tertiary alicyclic amines) is 1. The standard InChI is InChI=1S/C21H27N3O2/c1-15-5-4-13-23(14-12-15)20(25)11-10-19-22-18-7-3-2-6-17(18)21(26)24(19)16-8-9-16/h2-3,6-7,15-16H,4-5,8-14H2,1H3. The van der Waals surface area contributed by atoms with Crippen LogP contribution in [0.3, 0.4) is 0 Å². The lowest BCUT2D eigenvalue weighted by molar-refractivity contribution is -0.131. The second-order valence-electron chi connectivity index (χ2n) is 7.87. The van der Waals surface area contributed by atoms with E-state index >= 15 is 0 Å². The fourth-order valence-corrected chi connectivity index (χ4v) is 3.97. The van der Waals surface area contributed by atoms with Crippen molar-refractivity contribution in [3.63, 3.8) is 0 Å². The minimum absolute atomic E-state index is 0.0455. The lowest BCUT2D eigenvalue weighted by Crippen LogP contribution is -2.33. The van der Waals surface area contributed by atoms with Crippen molar-refractivity contribution in [2.75, 3.05) is 13.1 Å². The minimum atomic E-state index is 0.0455. The highest BCUT2D eigenvalue weighted by molar-refractivity contribution is 5.78. The van der Waals surface area contributed by atoms with E-state index in [-0.39, 0.29) is 17.5 Å². The van der Waals surface area contributed by atoms with E-state index in [4.69, 9.17) is 4.98 Å². The van der Waals surface area contributed by atoms with Crippen molar-refractivity contribution in [1.29, 1.82) is 0 Å². The number of carbonyl (C=O) groups is 1. The molecule has 1 aliphatic heterocycles. The molecule has 1 unspecified atom stereocenters. The van der Waals surface area contributed by atoms with Crippen molar-refractivity contribution >= 4 is 16.8 Å². The van der Waals surface area contributed by atoms with Gasteiger partial charge in [-0.2, -0.15) is 0 Å². The highest BCUT2D eigenvalue weighted by Crippen LogP contribution is 2.35. The zero-order valence-electron chi connectivity index (χ0n) is 15.5. The van der Waals surface area contributed by atoms with E-state index in [1.165, 1.54) is 6.42 Å². The topological polar surface area (TPSA) is 55.2 Å². The summed E-state index contributed by atoms with van der Waals surface area (Å²) in [6.45, 7) is 3.99. The van der Waals surface area contributed by atoms with E-state index in [0.29, 0.717) is 24.1 Å². The van der Waals surface area contributed by atoms with Crippen LogP contribution in [0.4, 0.5) is 0 Å². The Morgan fingerprint density at radius 2 is 1.96 bits per heavy atom. The molecule has 138 valence electrons. The van der Waals surface area contributed by atoms with E-state index in [1.54, 1.807) is 0 Å². The smallest absolute Gasteiger partial charge is 0.261 e. The molecule has 1 saturated heterocycles. The maximum absolute atomic E-state index is 12.9. The summed E-state index contributed by atoms with van der Waals surface area (Å²) in [4.78, 5) is 32.3. The maximum atomic E-state index is 12.9. The van der Waals surface area contributed by atoms with Gasteiger partial charge in [0.1, 0.15) is 5.82 Å². The lowest BCUT2D eigenvalue weighted by Gasteiger charge is -2.21. The lowest BCUT2D eigenvalue weighted by atomic mass is 10.0. The van der Waals surface area contributed by atoms with Gasteiger partial charge in [-0.3, -0.25) is 14.2 Å². The van der Waals surface area contributed by atoms with Gasteiger partial charge in [-0.1, -0.05) is 19.1 Å². The molecule has 4 rings (SSSR count). The van der Waals surface area contributed by atoms with Crippen LogP contribution in [0.2, 0.25) is 0 Å². The van der Waals surface area contributed by atoms with Gasteiger partial charge in [0.2, 0.25) is 5.91 Å². The van der Waals surface area contributed by atoms with Gasteiger partial charge in [-0.05, 0) is 50.2 Å². The van der Waals surface area contributed by atoms with E-state index in [2.05, 4.69) is 6.92 Å². The SMILES string of the molecule is CC1CCCN(C(=O)CCc2nc3ccccc3c(=O)n2C2CC2)CC1. The molecule has 0 N–H and O–H groups in total. The van der Waals surface area contributed by atoms with Crippen LogP contribution in [0.15, 0.2) is 29.1 Å². The number of aromatic nitrogens is 2. The predicted molar refractivity (Wildman–Crippen MR) is 102 cm³/mol. The third-order valence-corrected chi connectivity index (χ3v) is 5.72. The van der Waals surface area contributed by atoms with Crippen LogP contribution in [0.5, 0.6) is 0 Å². The van der Waals surface area contributed by atoms with Gasteiger partial charge in [0.05, 0.1) is 10.9 Å². The van der Waals surface area contributed by atoms with Gasteiger partial charge in [0.25, 0.3) is 5.56 Å². The molecule has 2 heterocycles. The van der Waals surface area contributed by atoms with Crippen molar-refractivity contribution in [2.24, 2.45) is 5.92 Å². The largest absolute Gasteiger partial charge is 0.343 e. The normalized spacial score (nSPS) is 21.0. The Kier molecular flexibility index (Phi) is 4.79. The van der Waals surface area contributed by atoms with Crippen molar-refractivity contribution in [3.8, 4) is 0 Å². The Hall–Kier alpha value is -2.17. The number of aryl methyl sites for hydroxylation is 1. The zero-order valence-corrected chi connectivity index (χ0v) is 15.5. The highest BCUT2D eigenvalue weighted by atomic mass is 16.2. The number of benzene rings is 1.